The molecule has 0 saturated heterocycles. The largest absolute Gasteiger partial charge is 1.00 e. The fraction of sp³-hybridized carbons (Fsp3) is 0. The number of hydrazone groups is 2. The minimum atomic E-state index is -5.48. The number of carbonyl (C=O) groups is 4. The van der Waals surface area contributed by atoms with Gasteiger partial charge in [0.05, 0.1) is 54.7 Å². The van der Waals surface area contributed by atoms with Crippen molar-refractivity contribution in [1.29, 1.82) is 0 Å². The molecule has 4 aromatic carbocycles. The molecule has 22 nitrogen and oxygen atoms in total. The molecular formula is C36H22N9Na3O13S2. The molecule has 0 unspecified atom stereocenters. The zero-order chi connectivity index (χ0) is 43.5. The Morgan fingerprint density at radius 1 is 0.730 bits per heavy atom. The zero-order valence-electron chi connectivity index (χ0n) is 32.8. The van der Waals surface area contributed by atoms with Crippen LogP contribution in [0.5, 0.6) is 0 Å². The Morgan fingerprint density at radius 3 is 1.86 bits per heavy atom. The van der Waals surface area contributed by atoms with Gasteiger partial charge >= 0.3 is 88.7 Å². The van der Waals surface area contributed by atoms with Gasteiger partial charge in [0.25, 0.3) is 11.6 Å². The number of nitro groups is 1. The number of anilines is 4. The summed E-state index contributed by atoms with van der Waals surface area (Å²) in [7, 11) is -10.9. The first-order chi connectivity index (χ1) is 28.3. The number of amides is 1. The zero-order valence-corrected chi connectivity index (χ0v) is 40.4. The summed E-state index contributed by atoms with van der Waals surface area (Å²) >= 11 is 0. The molecule has 0 saturated carbocycles. The SMILES string of the molecule is Nc1c(N=Nc2ccc([N+](=O)[O-])cc2)c(S(=O)(=O)[O-])cc2c1C(=O)/C(=N/Nc1ccc(NC(=O)c3ccc(N/N=C4/C=CC(=O)C(C(=O)[O-])=C4)cc3)cc1)C(S(=O)(=O)[O-])=C2.[Na+].[Na+].[Na+]. The Labute approximate surface area is 422 Å². The molecule has 63 heavy (non-hydrogen) atoms. The summed E-state index contributed by atoms with van der Waals surface area (Å²) in [6, 6.07) is 16.5. The van der Waals surface area contributed by atoms with E-state index < -0.39 is 92.2 Å². The minimum Gasteiger partial charge on any atom is -0.744 e. The number of nitrogens with two attached hydrogens (primary N) is 1. The predicted octanol–water partition coefficient (Wildman–Crippen LogP) is -6.11. The fourth-order valence-corrected chi connectivity index (χ4v) is 6.66. The smallest absolute Gasteiger partial charge is 0.744 e. The van der Waals surface area contributed by atoms with Crippen molar-refractivity contribution in [2.75, 3.05) is 21.9 Å². The van der Waals surface area contributed by atoms with E-state index >= 15 is 0 Å². The molecule has 0 atom stereocenters. The van der Waals surface area contributed by atoms with Gasteiger partial charge in [0.2, 0.25) is 5.78 Å². The summed E-state index contributed by atoms with van der Waals surface area (Å²) in [4.78, 5) is 57.3. The molecule has 0 aromatic heterocycles. The number of Topliss-reactive ketones (excluding diaryl/α,β-unsaturated/α-hetero) is 1. The first kappa shape index (κ1) is 52.3. The van der Waals surface area contributed by atoms with Gasteiger partial charge < -0.3 is 30.1 Å². The molecule has 4 aromatic rings. The number of hydrogen-bond donors (Lipinski definition) is 4. The maximum atomic E-state index is 13.7. The summed E-state index contributed by atoms with van der Waals surface area (Å²) in [5.74, 6) is -4.20. The Kier molecular flexibility index (Phi) is 17.9. The van der Waals surface area contributed by atoms with Gasteiger partial charge in [0.15, 0.2) is 5.78 Å². The van der Waals surface area contributed by atoms with E-state index in [2.05, 4.69) is 36.6 Å². The Bertz CT molecular complexity index is 2960. The summed E-state index contributed by atoms with van der Waals surface area (Å²) in [5.41, 5.74) is 7.87. The van der Waals surface area contributed by atoms with E-state index in [0.717, 1.165) is 36.4 Å². The first-order valence-electron chi connectivity index (χ1n) is 16.5. The summed E-state index contributed by atoms with van der Waals surface area (Å²) < 4.78 is 73.5. The average molecular weight is 922 g/mol. The third kappa shape index (κ3) is 12.6. The number of hydrogen-bond acceptors (Lipinski definition) is 20. The average Bonchev–Trinajstić information content (AvgIpc) is 3.19. The predicted molar refractivity (Wildman–Crippen MR) is 208 cm³/mol. The quantitative estimate of drug-likeness (QED) is 0.0150. The van der Waals surface area contributed by atoms with Crippen molar-refractivity contribution in [3.05, 3.63) is 134 Å². The van der Waals surface area contributed by atoms with Crippen LogP contribution in [-0.4, -0.2) is 65.7 Å². The Hall–Kier alpha value is -5.06. The van der Waals surface area contributed by atoms with Crippen LogP contribution >= 0.6 is 0 Å². The number of ketones is 2. The van der Waals surface area contributed by atoms with E-state index in [1.807, 2.05) is 0 Å². The van der Waals surface area contributed by atoms with Crippen molar-refractivity contribution in [1.82, 2.24) is 0 Å². The van der Waals surface area contributed by atoms with Crippen LogP contribution in [0.1, 0.15) is 26.3 Å². The molecule has 5 N–H and O–H groups in total. The molecule has 27 heteroatoms. The molecule has 2 aliphatic carbocycles. The van der Waals surface area contributed by atoms with Crippen LogP contribution in [-0.2, 0) is 29.8 Å². The topological polar surface area (TPSA) is 360 Å². The van der Waals surface area contributed by atoms with Gasteiger partial charge in [-0.3, -0.25) is 35.3 Å². The fourth-order valence-electron chi connectivity index (χ4n) is 5.36. The normalized spacial score (nSPS) is 14.6. The Balaban J connectivity index is 0.00000352. The third-order valence-corrected chi connectivity index (χ3v) is 9.94. The van der Waals surface area contributed by atoms with Crippen LogP contribution in [0.15, 0.2) is 133 Å². The number of fused-ring (bicyclic) bond motifs is 1. The van der Waals surface area contributed by atoms with E-state index in [-0.39, 0.29) is 123 Å². The number of carbonyl (C=O) groups excluding carboxylic acids is 4. The molecule has 6 rings (SSSR count). The summed E-state index contributed by atoms with van der Waals surface area (Å²) in [6.07, 6.45) is 3.99. The van der Waals surface area contributed by atoms with Gasteiger partial charge in [-0.05, 0) is 96.6 Å². The number of nitrogens with one attached hydrogen (secondary N) is 3. The molecular weight excluding hydrogens is 900 g/mol. The maximum Gasteiger partial charge on any atom is 1.00 e. The van der Waals surface area contributed by atoms with Crippen molar-refractivity contribution >= 4 is 101 Å². The second-order valence-electron chi connectivity index (χ2n) is 12.2. The van der Waals surface area contributed by atoms with Crippen molar-refractivity contribution in [3.63, 3.8) is 0 Å². The van der Waals surface area contributed by atoms with Crippen LogP contribution in [0.2, 0.25) is 0 Å². The number of nitrogen functional groups attached to an aromatic ring is 1. The van der Waals surface area contributed by atoms with Gasteiger partial charge in [-0.2, -0.15) is 15.3 Å². The molecule has 0 bridgehead atoms. The van der Waals surface area contributed by atoms with Crippen molar-refractivity contribution < 1.29 is 144 Å². The van der Waals surface area contributed by atoms with E-state index in [0.29, 0.717) is 17.8 Å². The monoisotopic (exact) mass is 921 g/mol. The number of azo groups is 1. The number of benzene rings is 4. The van der Waals surface area contributed by atoms with Crippen LogP contribution in [0, 0.1) is 10.1 Å². The van der Waals surface area contributed by atoms with Gasteiger partial charge in [-0.1, -0.05) is 0 Å². The molecule has 0 heterocycles. The molecule has 304 valence electrons. The number of carboxylic acid groups (broad SMARTS) is 1. The van der Waals surface area contributed by atoms with Crippen molar-refractivity contribution in [2.45, 2.75) is 4.90 Å². The van der Waals surface area contributed by atoms with Crippen LogP contribution in [0.4, 0.5) is 39.8 Å². The number of carboxylic acids is 1. The van der Waals surface area contributed by atoms with Gasteiger partial charge in [0, 0.05) is 29.0 Å². The maximum absolute atomic E-state index is 13.7. The molecule has 1 amide bonds. The number of nitro benzene ring substituents is 1. The number of allylic oxidation sites excluding steroid dienone is 4. The van der Waals surface area contributed by atoms with Crippen LogP contribution in [0.3, 0.4) is 0 Å². The number of non-ortho nitro benzene ring substituents is 1. The summed E-state index contributed by atoms with van der Waals surface area (Å²) in [6.45, 7) is 0. The molecule has 0 fully saturated rings. The standard InChI is InChI=1S/C36H25N9O13S2.3Na/c37-31-30-19(15-28(59(53,54)55)32(31)43-40-23-9-12-25(13-10-23)45(51)52)16-29(60(56,57)58)33(34(30)47)44-41-22-7-5-20(6-8-22)38-35(48)18-1-3-21(4-2-18)39-42-24-11-14-27(46)26(17-24)36(49)50;;;/h1-17,39,41H,37H2,(H,38,48)(H,49,50)(H,53,54,55)(H,56,57,58);;;/q;3*+1/p-3/b42-24-,43-40?,44-33+;;;. The third-order valence-electron chi connectivity index (χ3n) is 8.24. The van der Waals surface area contributed by atoms with Crippen molar-refractivity contribution in [3.8, 4) is 0 Å². The van der Waals surface area contributed by atoms with E-state index in [9.17, 15) is 60.3 Å². The first-order valence-corrected chi connectivity index (χ1v) is 19.3. The van der Waals surface area contributed by atoms with Crippen molar-refractivity contribution in [2.24, 2.45) is 20.4 Å². The number of aliphatic carboxylic acids is 1. The van der Waals surface area contributed by atoms with Gasteiger partial charge in [0.1, 0.15) is 31.6 Å². The molecule has 0 aliphatic heterocycles. The van der Waals surface area contributed by atoms with Crippen LogP contribution in [0.25, 0.3) is 6.08 Å². The Morgan fingerprint density at radius 2 is 1.30 bits per heavy atom. The van der Waals surface area contributed by atoms with Crippen LogP contribution < -0.4 is 116 Å². The van der Waals surface area contributed by atoms with E-state index in [4.69, 9.17) is 5.73 Å². The van der Waals surface area contributed by atoms with E-state index in [1.54, 1.807) is 0 Å². The second kappa shape index (κ2) is 21.5. The second-order valence-corrected chi connectivity index (χ2v) is 14.9. The minimum absolute atomic E-state index is 0. The summed E-state index contributed by atoms with van der Waals surface area (Å²) in [5, 5.41) is 40.0. The molecule has 2 aliphatic rings. The van der Waals surface area contributed by atoms with Gasteiger partial charge in [-0.15, -0.1) is 5.11 Å². The number of nitrogens with zero attached hydrogens (tertiary/aromatic N) is 5. The van der Waals surface area contributed by atoms with Gasteiger partial charge in [-0.25, -0.2) is 16.8 Å². The molecule has 0 spiro atoms. The number of rotatable bonds is 12. The molecule has 0 radical (unpaired) electrons. The van der Waals surface area contributed by atoms with E-state index in [1.165, 1.54) is 54.6 Å².